The third-order valence-electron chi connectivity index (χ3n) is 2.46. The number of nitrogens with zero attached hydrogens (tertiary/aromatic N) is 2. The van der Waals surface area contributed by atoms with E-state index in [1.165, 1.54) is 16.8 Å². The first kappa shape index (κ1) is 11.8. The van der Waals surface area contributed by atoms with Crippen LogP contribution < -0.4 is 17.0 Å². The second kappa shape index (κ2) is 4.70. The van der Waals surface area contributed by atoms with E-state index < -0.39 is 5.91 Å². The molecule has 0 unspecified atom stereocenters. The first-order valence-corrected chi connectivity index (χ1v) is 5.28. The van der Waals surface area contributed by atoms with Gasteiger partial charge >= 0.3 is 0 Å². The van der Waals surface area contributed by atoms with Gasteiger partial charge in [0, 0.05) is 11.6 Å². The number of carbonyl (C=O) groups excluding carboxylic acids is 1. The molecular formula is C12H12N4O2. The Balaban J connectivity index is 2.26. The quantitative estimate of drug-likeness (QED) is 0.791. The predicted octanol–water partition coefficient (Wildman–Crippen LogP) is -0.0273. The lowest BCUT2D eigenvalue weighted by atomic mass is 10.1. The summed E-state index contributed by atoms with van der Waals surface area (Å²) in [5, 5.41) is 3.92. The molecule has 4 N–H and O–H groups in total. The van der Waals surface area contributed by atoms with Gasteiger partial charge in [0.1, 0.15) is 5.82 Å². The lowest BCUT2D eigenvalue weighted by Gasteiger charge is -2.05. The number of nitrogen functional groups attached to an aromatic ring is 1. The number of anilines is 1. The molecule has 0 radical (unpaired) electrons. The van der Waals surface area contributed by atoms with Gasteiger partial charge < -0.3 is 11.5 Å². The van der Waals surface area contributed by atoms with Crippen LogP contribution in [0.25, 0.3) is 0 Å². The summed E-state index contributed by atoms with van der Waals surface area (Å²) in [5.41, 5.74) is 11.7. The number of hydrogen-bond donors (Lipinski definition) is 2. The van der Waals surface area contributed by atoms with E-state index in [9.17, 15) is 9.59 Å². The molecule has 92 valence electrons. The van der Waals surface area contributed by atoms with Gasteiger partial charge in [0.25, 0.3) is 5.56 Å². The third-order valence-corrected chi connectivity index (χ3v) is 2.46. The molecule has 6 heteroatoms. The summed E-state index contributed by atoms with van der Waals surface area (Å²) >= 11 is 0. The van der Waals surface area contributed by atoms with E-state index in [1.54, 1.807) is 24.3 Å². The molecule has 0 saturated carbocycles. The fourth-order valence-electron chi connectivity index (χ4n) is 1.53. The molecule has 1 heterocycles. The van der Waals surface area contributed by atoms with Crippen LogP contribution in [0.5, 0.6) is 0 Å². The van der Waals surface area contributed by atoms with Crippen molar-refractivity contribution in [1.29, 1.82) is 0 Å². The maximum absolute atomic E-state index is 11.5. The van der Waals surface area contributed by atoms with Gasteiger partial charge in [-0.2, -0.15) is 5.10 Å². The van der Waals surface area contributed by atoms with Gasteiger partial charge in [-0.25, -0.2) is 4.68 Å². The molecule has 0 spiro atoms. The Morgan fingerprint density at radius 3 is 2.44 bits per heavy atom. The summed E-state index contributed by atoms with van der Waals surface area (Å²) in [5.74, 6) is -0.204. The minimum atomic E-state index is -0.485. The number of hydrogen-bond acceptors (Lipinski definition) is 4. The normalized spacial score (nSPS) is 10.2. The molecule has 1 aromatic heterocycles. The minimum absolute atomic E-state index is 0.233. The topological polar surface area (TPSA) is 104 Å². The van der Waals surface area contributed by atoms with Crippen molar-refractivity contribution in [1.82, 2.24) is 9.78 Å². The molecule has 2 rings (SSSR count). The Morgan fingerprint density at radius 1 is 1.17 bits per heavy atom. The fraction of sp³-hybridized carbons (Fsp3) is 0.0833. The first-order valence-electron chi connectivity index (χ1n) is 5.28. The molecule has 2 aromatic rings. The molecule has 0 saturated heterocycles. The fourth-order valence-corrected chi connectivity index (χ4v) is 1.53. The van der Waals surface area contributed by atoms with Crippen LogP contribution in [0.15, 0.2) is 41.2 Å². The standard InChI is InChI=1S/C12H12N4O2/c13-10-5-6-11(17)16(15-10)7-8-1-3-9(4-2-8)12(14)18/h1-6H,7H2,(H2,13,15)(H2,14,18). The zero-order valence-corrected chi connectivity index (χ0v) is 9.54. The highest BCUT2D eigenvalue weighted by molar-refractivity contribution is 5.92. The first-order chi connectivity index (χ1) is 8.56. The van der Waals surface area contributed by atoms with Crippen LogP contribution in [0, 0.1) is 0 Å². The highest BCUT2D eigenvalue weighted by Gasteiger charge is 2.02. The molecule has 6 nitrogen and oxygen atoms in total. The Bertz CT molecular complexity index is 631. The van der Waals surface area contributed by atoms with E-state index in [0.29, 0.717) is 12.1 Å². The van der Waals surface area contributed by atoms with Gasteiger partial charge in [0.05, 0.1) is 6.54 Å². The van der Waals surface area contributed by atoms with Crippen LogP contribution in [0.3, 0.4) is 0 Å². The molecule has 0 bridgehead atoms. The second-order valence-electron chi connectivity index (χ2n) is 3.82. The third kappa shape index (κ3) is 2.54. The number of aromatic nitrogens is 2. The zero-order chi connectivity index (χ0) is 13.1. The summed E-state index contributed by atoms with van der Waals surface area (Å²) < 4.78 is 1.26. The molecule has 1 aromatic carbocycles. The number of rotatable bonds is 3. The van der Waals surface area contributed by atoms with E-state index in [0.717, 1.165) is 5.56 Å². The smallest absolute Gasteiger partial charge is 0.267 e. The van der Waals surface area contributed by atoms with Crippen LogP contribution in [0.1, 0.15) is 15.9 Å². The molecule has 18 heavy (non-hydrogen) atoms. The number of carbonyl (C=O) groups is 1. The predicted molar refractivity (Wildman–Crippen MR) is 67.0 cm³/mol. The number of benzene rings is 1. The van der Waals surface area contributed by atoms with Crippen molar-refractivity contribution in [2.75, 3.05) is 5.73 Å². The van der Waals surface area contributed by atoms with Gasteiger partial charge in [0.15, 0.2) is 0 Å². The van der Waals surface area contributed by atoms with E-state index in [1.807, 2.05) is 0 Å². The SMILES string of the molecule is NC(=O)c1ccc(Cn2nc(N)ccc2=O)cc1. The van der Waals surface area contributed by atoms with Crippen LogP contribution in [0.2, 0.25) is 0 Å². The zero-order valence-electron chi connectivity index (χ0n) is 9.54. The van der Waals surface area contributed by atoms with Crippen molar-refractivity contribution in [3.8, 4) is 0 Å². The Labute approximate surface area is 103 Å². The van der Waals surface area contributed by atoms with Crippen LogP contribution >= 0.6 is 0 Å². The number of primary amides is 1. The number of amides is 1. The molecular weight excluding hydrogens is 232 g/mol. The van der Waals surface area contributed by atoms with Gasteiger partial charge in [-0.3, -0.25) is 9.59 Å². The summed E-state index contributed by atoms with van der Waals surface area (Å²) in [6, 6.07) is 9.47. The summed E-state index contributed by atoms with van der Waals surface area (Å²) in [6.45, 7) is 0.295. The van der Waals surface area contributed by atoms with E-state index in [-0.39, 0.29) is 11.4 Å². The van der Waals surface area contributed by atoms with Gasteiger partial charge in [-0.1, -0.05) is 12.1 Å². The molecule has 0 fully saturated rings. The minimum Gasteiger partial charge on any atom is -0.382 e. The van der Waals surface area contributed by atoms with Gasteiger partial charge in [0.2, 0.25) is 5.91 Å². The van der Waals surface area contributed by atoms with Crippen molar-refractivity contribution in [2.24, 2.45) is 5.73 Å². The van der Waals surface area contributed by atoms with Crippen molar-refractivity contribution in [2.45, 2.75) is 6.54 Å². The van der Waals surface area contributed by atoms with Crippen molar-refractivity contribution < 1.29 is 4.79 Å². The number of nitrogens with two attached hydrogens (primary N) is 2. The molecule has 0 aliphatic carbocycles. The van der Waals surface area contributed by atoms with Crippen molar-refractivity contribution in [3.63, 3.8) is 0 Å². The molecule has 0 aliphatic rings. The monoisotopic (exact) mass is 244 g/mol. The van der Waals surface area contributed by atoms with Crippen molar-refractivity contribution in [3.05, 3.63) is 57.9 Å². The maximum atomic E-state index is 11.5. The lowest BCUT2D eigenvalue weighted by molar-refractivity contribution is 0.100. The van der Waals surface area contributed by atoms with E-state index in [2.05, 4.69) is 5.10 Å². The van der Waals surface area contributed by atoms with Crippen molar-refractivity contribution >= 4 is 11.7 Å². The van der Waals surface area contributed by atoms with Crippen LogP contribution in [0.4, 0.5) is 5.82 Å². The van der Waals surface area contributed by atoms with Crippen LogP contribution in [-0.2, 0) is 6.54 Å². The Hall–Kier alpha value is -2.63. The largest absolute Gasteiger partial charge is 0.382 e. The van der Waals surface area contributed by atoms with Gasteiger partial charge in [-0.15, -0.1) is 0 Å². The second-order valence-corrected chi connectivity index (χ2v) is 3.82. The summed E-state index contributed by atoms with van der Waals surface area (Å²) in [6.07, 6.45) is 0. The summed E-state index contributed by atoms with van der Waals surface area (Å²) in [7, 11) is 0. The van der Waals surface area contributed by atoms with Gasteiger partial charge in [-0.05, 0) is 23.8 Å². The Kier molecular flexibility index (Phi) is 3.09. The van der Waals surface area contributed by atoms with E-state index in [4.69, 9.17) is 11.5 Å². The highest BCUT2D eigenvalue weighted by atomic mass is 16.1. The van der Waals surface area contributed by atoms with Crippen LogP contribution in [-0.4, -0.2) is 15.7 Å². The molecule has 0 aliphatic heterocycles. The average molecular weight is 244 g/mol. The van der Waals surface area contributed by atoms with E-state index >= 15 is 0 Å². The lowest BCUT2D eigenvalue weighted by Crippen LogP contribution is -2.23. The molecule has 0 atom stereocenters. The average Bonchev–Trinajstić information content (AvgIpc) is 2.34. The maximum Gasteiger partial charge on any atom is 0.267 e. The highest BCUT2D eigenvalue weighted by Crippen LogP contribution is 2.05. The Morgan fingerprint density at radius 2 is 1.83 bits per heavy atom. The molecule has 1 amide bonds. The summed E-state index contributed by atoms with van der Waals surface area (Å²) in [4.78, 5) is 22.4.